The van der Waals surface area contributed by atoms with E-state index in [1.807, 2.05) is 31.2 Å². The molecule has 0 saturated heterocycles. The number of nitrogens with zero attached hydrogens (tertiary/aromatic N) is 1. The Morgan fingerprint density at radius 2 is 2.05 bits per heavy atom. The van der Waals surface area contributed by atoms with E-state index in [-0.39, 0.29) is 11.7 Å². The summed E-state index contributed by atoms with van der Waals surface area (Å²) < 4.78 is 5.55. The molecule has 0 saturated carbocycles. The van der Waals surface area contributed by atoms with Gasteiger partial charge in [0.1, 0.15) is 5.76 Å². The molecule has 0 N–H and O–H groups in total. The Morgan fingerprint density at radius 1 is 1.24 bits per heavy atom. The maximum atomic E-state index is 12.7. The summed E-state index contributed by atoms with van der Waals surface area (Å²) in [7, 11) is 0. The van der Waals surface area contributed by atoms with Crippen LogP contribution in [-0.2, 0) is 6.42 Å². The number of rotatable bonds is 2. The number of carbonyl (C=O) groups excluding carboxylic acids is 2. The number of ketones is 1. The summed E-state index contributed by atoms with van der Waals surface area (Å²) in [5, 5.41) is 0. The lowest BCUT2D eigenvalue weighted by molar-refractivity contribution is 0.0954. The van der Waals surface area contributed by atoms with Gasteiger partial charge in [0, 0.05) is 24.9 Å². The number of carbonyl (C=O) groups is 2. The normalized spacial score (nSPS) is 14.7. The first-order valence-electron chi connectivity index (χ1n) is 7.23. The van der Waals surface area contributed by atoms with Gasteiger partial charge < -0.3 is 9.32 Å². The van der Waals surface area contributed by atoms with Gasteiger partial charge in [-0.1, -0.05) is 19.1 Å². The van der Waals surface area contributed by atoms with Crippen LogP contribution in [0.15, 0.2) is 40.8 Å². The average Bonchev–Trinajstić information content (AvgIpc) is 2.93. The first-order valence-corrected chi connectivity index (χ1v) is 7.23. The Kier molecular flexibility index (Phi) is 3.60. The lowest BCUT2D eigenvalue weighted by Crippen LogP contribution is -2.31. The predicted molar refractivity (Wildman–Crippen MR) is 79.8 cm³/mol. The average molecular weight is 283 g/mol. The van der Waals surface area contributed by atoms with Gasteiger partial charge in [-0.2, -0.15) is 0 Å². The number of hydrogen-bond donors (Lipinski definition) is 0. The number of hydrogen-bond acceptors (Lipinski definition) is 3. The van der Waals surface area contributed by atoms with Gasteiger partial charge in [0.2, 0.25) is 0 Å². The predicted octanol–water partition coefficient (Wildman–Crippen LogP) is 3.47. The van der Waals surface area contributed by atoms with Crippen molar-refractivity contribution in [3.8, 4) is 0 Å². The molecule has 4 heteroatoms. The quantitative estimate of drug-likeness (QED) is 0.848. The number of benzene rings is 1. The monoisotopic (exact) mass is 283 g/mol. The fourth-order valence-electron chi connectivity index (χ4n) is 2.62. The van der Waals surface area contributed by atoms with Crippen LogP contribution in [0, 0.1) is 0 Å². The van der Waals surface area contributed by atoms with Gasteiger partial charge in [-0.3, -0.25) is 9.59 Å². The van der Waals surface area contributed by atoms with Gasteiger partial charge in [-0.15, -0.1) is 0 Å². The zero-order valence-electron chi connectivity index (χ0n) is 12.0. The largest absolute Gasteiger partial charge is 0.456 e. The summed E-state index contributed by atoms with van der Waals surface area (Å²) >= 11 is 0. The summed E-state index contributed by atoms with van der Waals surface area (Å²) in [6.45, 7) is 2.51. The van der Waals surface area contributed by atoms with E-state index in [1.54, 1.807) is 17.0 Å². The second kappa shape index (κ2) is 5.56. The van der Waals surface area contributed by atoms with E-state index in [4.69, 9.17) is 4.42 Å². The van der Waals surface area contributed by atoms with Crippen molar-refractivity contribution in [1.82, 2.24) is 0 Å². The molecule has 1 aromatic carbocycles. The minimum atomic E-state index is -0.183. The third-order valence-corrected chi connectivity index (χ3v) is 3.75. The number of aryl methyl sites for hydroxylation is 1. The number of amides is 1. The molecule has 1 aliphatic heterocycles. The van der Waals surface area contributed by atoms with Gasteiger partial charge >= 0.3 is 0 Å². The third kappa shape index (κ3) is 2.49. The van der Waals surface area contributed by atoms with Crippen LogP contribution in [-0.4, -0.2) is 18.2 Å². The van der Waals surface area contributed by atoms with E-state index in [9.17, 15) is 9.59 Å². The molecule has 1 aliphatic rings. The van der Waals surface area contributed by atoms with Crippen LogP contribution in [0.1, 0.15) is 46.4 Å². The summed E-state index contributed by atoms with van der Waals surface area (Å²) in [6.07, 6.45) is 1.89. The minimum absolute atomic E-state index is 0.0922. The SMILES string of the molecule is CCc1ccc(C(=O)N2CCCC(=O)c3ccccc32)o1. The van der Waals surface area contributed by atoms with Crippen LogP contribution in [0.4, 0.5) is 5.69 Å². The molecule has 0 aliphatic carbocycles. The molecule has 4 nitrogen and oxygen atoms in total. The Balaban J connectivity index is 1.99. The molecule has 0 spiro atoms. The molecule has 0 fully saturated rings. The number of para-hydroxylation sites is 1. The highest BCUT2D eigenvalue weighted by atomic mass is 16.4. The molecule has 3 rings (SSSR count). The van der Waals surface area contributed by atoms with Crippen molar-refractivity contribution >= 4 is 17.4 Å². The highest BCUT2D eigenvalue weighted by Crippen LogP contribution is 2.27. The van der Waals surface area contributed by atoms with E-state index < -0.39 is 0 Å². The van der Waals surface area contributed by atoms with Crippen LogP contribution >= 0.6 is 0 Å². The van der Waals surface area contributed by atoms with Gasteiger partial charge in [0.15, 0.2) is 11.5 Å². The van der Waals surface area contributed by atoms with E-state index in [0.29, 0.717) is 36.4 Å². The Labute approximate surface area is 123 Å². The van der Waals surface area contributed by atoms with Crippen LogP contribution in [0.2, 0.25) is 0 Å². The summed E-state index contributed by atoms with van der Waals surface area (Å²) in [5.41, 5.74) is 1.30. The maximum absolute atomic E-state index is 12.7. The second-order valence-electron chi connectivity index (χ2n) is 5.12. The van der Waals surface area contributed by atoms with E-state index >= 15 is 0 Å². The van der Waals surface area contributed by atoms with Gasteiger partial charge in [-0.05, 0) is 30.7 Å². The summed E-state index contributed by atoms with van der Waals surface area (Å²) in [6, 6.07) is 10.8. The van der Waals surface area contributed by atoms with E-state index in [0.717, 1.165) is 12.2 Å². The molecule has 0 bridgehead atoms. The van der Waals surface area contributed by atoms with Crippen molar-refractivity contribution in [2.24, 2.45) is 0 Å². The first kappa shape index (κ1) is 13.6. The molecule has 1 amide bonds. The van der Waals surface area contributed by atoms with Crippen molar-refractivity contribution in [2.75, 3.05) is 11.4 Å². The zero-order chi connectivity index (χ0) is 14.8. The molecular weight excluding hydrogens is 266 g/mol. The molecule has 0 unspecified atom stereocenters. The second-order valence-corrected chi connectivity index (χ2v) is 5.12. The topological polar surface area (TPSA) is 50.5 Å². The Morgan fingerprint density at radius 3 is 2.81 bits per heavy atom. The van der Waals surface area contributed by atoms with Crippen LogP contribution < -0.4 is 4.90 Å². The molecule has 0 atom stereocenters. The van der Waals surface area contributed by atoms with Gasteiger partial charge in [0.25, 0.3) is 5.91 Å². The third-order valence-electron chi connectivity index (χ3n) is 3.75. The van der Waals surface area contributed by atoms with Gasteiger partial charge in [-0.25, -0.2) is 0 Å². The standard InChI is InChI=1S/C17H17NO3/c1-2-12-9-10-16(21-12)17(20)18-11-5-8-15(19)13-6-3-4-7-14(13)18/h3-4,6-7,9-10H,2,5,8,11H2,1H3. The van der Waals surface area contributed by atoms with Crippen molar-refractivity contribution in [3.63, 3.8) is 0 Å². The Hall–Kier alpha value is -2.36. The molecule has 0 radical (unpaired) electrons. The fraction of sp³-hybridized carbons (Fsp3) is 0.294. The smallest absolute Gasteiger partial charge is 0.293 e. The van der Waals surface area contributed by atoms with Crippen molar-refractivity contribution in [2.45, 2.75) is 26.2 Å². The Bertz CT molecular complexity index is 687. The maximum Gasteiger partial charge on any atom is 0.293 e. The lowest BCUT2D eigenvalue weighted by atomic mass is 10.1. The molecule has 2 aromatic rings. The zero-order valence-corrected chi connectivity index (χ0v) is 12.0. The molecule has 21 heavy (non-hydrogen) atoms. The molecule has 108 valence electrons. The summed E-state index contributed by atoms with van der Waals surface area (Å²) in [4.78, 5) is 26.4. The molecular formula is C17H17NO3. The highest BCUT2D eigenvalue weighted by molar-refractivity contribution is 6.10. The van der Waals surface area contributed by atoms with Crippen molar-refractivity contribution < 1.29 is 14.0 Å². The number of fused-ring (bicyclic) bond motifs is 1. The number of anilines is 1. The van der Waals surface area contributed by atoms with Crippen molar-refractivity contribution in [1.29, 1.82) is 0 Å². The van der Waals surface area contributed by atoms with Crippen LogP contribution in [0.25, 0.3) is 0 Å². The van der Waals surface area contributed by atoms with Crippen LogP contribution in [0.5, 0.6) is 0 Å². The highest BCUT2D eigenvalue weighted by Gasteiger charge is 2.27. The van der Waals surface area contributed by atoms with E-state index in [2.05, 4.69) is 0 Å². The van der Waals surface area contributed by atoms with Crippen molar-refractivity contribution in [3.05, 3.63) is 53.5 Å². The first-order chi connectivity index (χ1) is 10.2. The van der Waals surface area contributed by atoms with E-state index in [1.165, 1.54) is 0 Å². The molecule has 2 heterocycles. The number of Topliss-reactive ketones (excluding diaryl/α,β-unsaturated/α-hetero) is 1. The molecule has 1 aromatic heterocycles. The minimum Gasteiger partial charge on any atom is -0.456 e. The lowest BCUT2D eigenvalue weighted by Gasteiger charge is -2.21. The summed E-state index contributed by atoms with van der Waals surface area (Å²) in [5.74, 6) is 1.03. The number of furan rings is 1. The van der Waals surface area contributed by atoms with Crippen LogP contribution in [0.3, 0.4) is 0 Å². The fourth-order valence-corrected chi connectivity index (χ4v) is 2.62. The van der Waals surface area contributed by atoms with Gasteiger partial charge in [0.05, 0.1) is 5.69 Å².